The molecule has 0 radical (unpaired) electrons. The Hall–Kier alpha value is -3.86. The van der Waals surface area contributed by atoms with Crippen LogP contribution in [0.15, 0.2) is 71.7 Å². The number of methoxy groups -OCH3 is 2. The van der Waals surface area contributed by atoms with E-state index in [0.717, 1.165) is 16.7 Å². The molecule has 0 aliphatic heterocycles. The molecule has 0 atom stereocenters. The lowest BCUT2D eigenvalue weighted by molar-refractivity contribution is 0.103. The monoisotopic (exact) mass is 427 g/mol. The Morgan fingerprint density at radius 1 is 0.875 bits per heavy atom. The van der Waals surface area contributed by atoms with Gasteiger partial charge in [-0.2, -0.15) is 0 Å². The van der Waals surface area contributed by atoms with Crippen LogP contribution in [0.4, 0.5) is 0 Å². The third-order valence-electron chi connectivity index (χ3n) is 5.79. The zero-order valence-electron chi connectivity index (χ0n) is 18.6. The highest BCUT2D eigenvalue weighted by atomic mass is 16.5. The van der Waals surface area contributed by atoms with E-state index in [0.29, 0.717) is 34.5 Å². The van der Waals surface area contributed by atoms with Crippen molar-refractivity contribution in [1.29, 1.82) is 0 Å². The Kier molecular flexibility index (Phi) is 5.82. The van der Waals surface area contributed by atoms with Gasteiger partial charge in [-0.05, 0) is 42.7 Å². The first-order valence-electron chi connectivity index (χ1n) is 10.4. The number of benzene rings is 3. The van der Waals surface area contributed by atoms with Gasteiger partial charge in [-0.25, -0.2) is 0 Å². The first-order valence-corrected chi connectivity index (χ1v) is 10.4. The number of hydrogen-bond donors (Lipinski definition) is 0. The standard InChI is InChI=1S/C27H25NO4/c1-17-10-11-20(12-18(17)2)26(29)22-16-28(15-19-8-6-5-7-9-19)23-14-25(32-4)24(31-3)13-21(23)27(22)30/h5-14,16H,15H2,1-4H3. The van der Waals surface area contributed by atoms with Gasteiger partial charge in [0.15, 0.2) is 17.3 Å². The van der Waals surface area contributed by atoms with Gasteiger partial charge in [0.1, 0.15) is 0 Å². The Labute approximate surface area is 186 Å². The molecule has 32 heavy (non-hydrogen) atoms. The van der Waals surface area contributed by atoms with E-state index in [4.69, 9.17) is 9.47 Å². The summed E-state index contributed by atoms with van der Waals surface area (Å²) in [6.45, 7) is 4.45. The molecule has 0 saturated heterocycles. The van der Waals surface area contributed by atoms with Crippen LogP contribution < -0.4 is 14.9 Å². The maximum absolute atomic E-state index is 13.4. The first-order chi connectivity index (χ1) is 15.4. The summed E-state index contributed by atoms with van der Waals surface area (Å²) in [6, 6.07) is 18.8. The van der Waals surface area contributed by atoms with Gasteiger partial charge in [0.25, 0.3) is 0 Å². The molecule has 0 aliphatic carbocycles. The lowest BCUT2D eigenvalue weighted by Crippen LogP contribution is -2.20. The normalized spacial score (nSPS) is 10.9. The fourth-order valence-corrected chi connectivity index (χ4v) is 3.83. The lowest BCUT2D eigenvalue weighted by atomic mass is 9.98. The summed E-state index contributed by atoms with van der Waals surface area (Å²) >= 11 is 0. The molecule has 4 rings (SSSR count). The van der Waals surface area contributed by atoms with Crippen LogP contribution in [-0.2, 0) is 6.54 Å². The van der Waals surface area contributed by atoms with Gasteiger partial charge < -0.3 is 14.0 Å². The van der Waals surface area contributed by atoms with Crippen molar-refractivity contribution < 1.29 is 14.3 Å². The van der Waals surface area contributed by atoms with Gasteiger partial charge in [0, 0.05) is 24.4 Å². The number of ether oxygens (including phenoxy) is 2. The molecule has 1 heterocycles. The van der Waals surface area contributed by atoms with E-state index < -0.39 is 0 Å². The highest BCUT2D eigenvalue weighted by Crippen LogP contribution is 2.31. The van der Waals surface area contributed by atoms with Crippen molar-refractivity contribution in [3.8, 4) is 11.5 Å². The molecular weight excluding hydrogens is 402 g/mol. The summed E-state index contributed by atoms with van der Waals surface area (Å²) in [7, 11) is 3.08. The molecule has 3 aromatic carbocycles. The second kappa shape index (κ2) is 8.71. The van der Waals surface area contributed by atoms with E-state index in [-0.39, 0.29) is 16.8 Å². The fourth-order valence-electron chi connectivity index (χ4n) is 3.83. The predicted octanol–water partition coefficient (Wildman–Crippen LogP) is 4.91. The number of rotatable bonds is 6. The van der Waals surface area contributed by atoms with Crippen LogP contribution in [0, 0.1) is 13.8 Å². The number of carbonyl (C=O) groups is 1. The van der Waals surface area contributed by atoms with Crippen LogP contribution in [-0.4, -0.2) is 24.6 Å². The number of pyridine rings is 1. The average Bonchev–Trinajstić information content (AvgIpc) is 2.82. The van der Waals surface area contributed by atoms with Crippen LogP contribution in [0.1, 0.15) is 32.6 Å². The van der Waals surface area contributed by atoms with Crippen LogP contribution in [0.25, 0.3) is 10.9 Å². The quantitative estimate of drug-likeness (QED) is 0.410. The Morgan fingerprint density at radius 2 is 1.56 bits per heavy atom. The minimum absolute atomic E-state index is 0.129. The van der Waals surface area contributed by atoms with Crippen molar-refractivity contribution in [2.75, 3.05) is 14.2 Å². The van der Waals surface area contributed by atoms with E-state index in [1.165, 1.54) is 7.11 Å². The largest absolute Gasteiger partial charge is 0.493 e. The van der Waals surface area contributed by atoms with Crippen molar-refractivity contribution >= 4 is 16.7 Å². The molecule has 162 valence electrons. The fraction of sp³-hybridized carbons (Fsp3) is 0.185. The van der Waals surface area contributed by atoms with Crippen LogP contribution >= 0.6 is 0 Å². The van der Waals surface area contributed by atoms with Crippen molar-refractivity contribution in [3.63, 3.8) is 0 Å². The first kappa shape index (κ1) is 21.4. The maximum Gasteiger partial charge on any atom is 0.200 e. The average molecular weight is 428 g/mol. The summed E-state index contributed by atoms with van der Waals surface area (Å²) in [4.78, 5) is 26.8. The smallest absolute Gasteiger partial charge is 0.200 e. The molecule has 0 unspecified atom stereocenters. The van der Waals surface area contributed by atoms with Crippen LogP contribution in [0.2, 0.25) is 0 Å². The van der Waals surface area contributed by atoms with E-state index in [2.05, 4.69) is 0 Å². The molecule has 5 heteroatoms. The van der Waals surface area contributed by atoms with Gasteiger partial charge >= 0.3 is 0 Å². The molecular formula is C27H25NO4. The molecule has 0 amide bonds. The number of aromatic nitrogens is 1. The zero-order valence-corrected chi connectivity index (χ0v) is 18.6. The van der Waals surface area contributed by atoms with Crippen molar-refractivity contribution in [3.05, 3.63) is 105 Å². The molecule has 0 aliphatic rings. The van der Waals surface area contributed by atoms with Crippen molar-refractivity contribution in [2.24, 2.45) is 0 Å². The molecule has 0 fully saturated rings. The van der Waals surface area contributed by atoms with Gasteiger partial charge in [-0.3, -0.25) is 9.59 Å². The number of fused-ring (bicyclic) bond motifs is 1. The van der Waals surface area contributed by atoms with E-state index >= 15 is 0 Å². The van der Waals surface area contributed by atoms with E-state index in [9.17, 15) is 9.59 Å². The van der Waals surface area contributed by atoms with Crippen molar-refractivity contribution in [1.82, 2.24) is 4.57 Å². The number of nitrogens with zero attached hydrogens (tertiary/aromatic N) is 1. The third-order valence-corrected chi connectivity index (χ3v) is 5.79. The topological polar surface area (TPSA) is 57.5 Å². The minimum atomic E-state index is -0.325. The minimum Gasteiger partial charge on any atom is -0.493 e. The van der Waals surface area contributed by atoms with Crippen molar-refractivity contribution in [2.45, 2.75) is 20.4 Å². The van der Waals surface area contributed by atoms with Crippen LogP contribution in [0.5, 0.6) is 11.5 Å². The third kappa shape index (κ3) is 3.89. The van der Waals surface area contributed by atoms with Gasteiger partial charge in [-0.15, -0.1) is 0 Å². The SMILES string of the molecule is COc1cc2c(=O)c(C(=O)c3ccc(C)c(C)c3)cn(Cc3ccccc3)c2cc1OC. The Morgan fingerprint density at radius 3 is 2.22 bits per heavy atom. The summed E-state index contributed by atoms with van der Waals surface area (Å²) in [6.07, 6.45) is 1.65. The van der Waals surface area contributed by atoms with E-state index in [1.54, 1.807) is 31.5 Å². The van der Waals surface area contributed by atoms with Gasteiger partial charge in [0.05, 0.1) is 30.7 Å². The Bertz CT molecular complexity index is 1370. The molecule has 1 aromatic heterocycles. The summed E-state index contributed by atoms with van der Waals surface area (Å²) in [5.41, 5.74) is 4.13. The maximum atomic E-state index is 13.4. The van der Waals surface area contributed by atoms with Gasteiger partial charge in [0.2, 0.25) is 5.43 Å². The molecule has 5 nitrogen and oxygen atoms in total. The summed E-state index contributed by atoms with van der Waals surface area (Å²) in [5, 5.41) is 0.410. The molecule has 0 N–H and O–H groups in total. The zero-order chi connectivity index (χ0) is 22.8. The number of aryl methyl sites for hydroxylation is 2. The van der Waals surface area contributed by atoms with Crippen LogP contribution in [0.3, 0.4) is 0 Å². The molecule has 0 spiro atoms. The number of ketones is 1. The summed E-state index contributed by atoms with van der Waals surface area (Å²) < 4.78 is 12.8. The van der Waals surface area contributed by atoms with Gasteiger partial charge in [-0.1, -0.05) is 42.5 Å². The second-order valence-corrected chi connectivity index (χ2v) is 7.84. The van der Waals surface area contributed by atoms with E-state index in [1.807, 2.05) is 60.9 Å². The molecule has 0 saturated carbocycles. The lowest BCUT2D eigenvalue weighted by Gasteiger charge is -2.16. The molecule has 4 aromatic rings. The highest BCUT2D eigenvalue weighted by Gasteiger charge is 2.20. The highest BCUT2D eigenvalue weighted by molar-refractivity contribution is 6.10. The Balaban J connectivity index is 1.96. The predicted molar refractivity (Wildman–Crippen MR) is 126 cm³/mol. The second-order valence-electron chi connectivity index (χ2n) is 7.84. The number of hydrogen-bond acceptors (Lipinski definition) is 4. The molecule has 0 bridgehead atoms. The summed E-state index contributed by atoms with van der Waals surface area (Å²) in [5.74, 6) is 0.671. The number of carbonyl (C=O) groups excluding carboxylic acids is 1.